The van der Waals surface area contributed by atoms with Gasteiger partial charge in [-0.1, -0.05) is 65.7 Å². The number of hydrogen-bond acceptors (Lipinski definition) is 4. The molecule has 1 N–H and O–H groups in total. The zero-order valence-corrected chi connectivity index (χ0v) is 21.0. The largest absolute Gasteiger partial charge is 0.488 e. The molecule has 1 fully saturated rings. The molecule has 6 nitrogen and oxygen atoms in total. The number of rotatable bonds is 5. The van der Waals surface area contributed by atoms with Gasteiger partial charge < -0.3 is 4.74 Å². The summed E-state index contributed by atoms with van der Waals surface area (Å²) >= 11 is 6.26. The third-order valence-electron chi connectivity index (χ3n) is 6.31. The first-order valence-electron chi connectivity index (χ1n) is 11.7. The van der Waals surface area contributed by atoms with Gasteiger partial charge in [-0.2, -0.15) is 0 Å². The van der Waals surface area contributed by atoms with Crippen LogP contribution in [0.3, 0.4) is 0 Å². The molecule has 7 heteroatoms. The van der Waals surface area contributed by atoms with Gasteiger partial charge in [0.15, 0.2) is 0 Å². The Morgan fingerprint density at radius 1 is 0.919 bits per heavy atom. The fourth-order valence-electron chi connectivity index (χ4n) is 4.29. The summed E-state index contributed by atoms with van der Waals surface area (Å²) in [5, 5.41) is 4.86. The lowest BCUT2D eigenvalue weighted by Gasteiger charge is -2.26. The van der Waals surface area contributed by atoms with Crippen molar-refractivity contribution in [2.45, 2.75) is 20.5 Å². The summed E-state index contributed by atoms with van der Waals surface area (Å²) in [5.74, 6) is -1.06. The number of imide groups is 2. The van der Waals surface area contributed by atoms with Crippen molar-refractivity contribution in [2.24, 2.45) is 0 Å². The minimum absolute atomic E-state index is 0.200. The first-order valence-corrected chi connectivity index (χ1v) is 12.1. The molecule has 1 aliphatic rings. The minimum Gasteiger partial charge on any atom is -0.488 e. The van der Waals surface area contributed by atoms with Crippen molar-refractivity contribution < 1.29 is 19.1 Å². The van der Waals surface area contributed by atoms with Crippen LogP contribution in [-0.4, -0.2) is 17.8 Å². The number of urea groups is 1. The first kappa shape index (κ1) is 24.3. The normalized spacial score (nSPS) is 14.8. The molecule has 1 aliphatic heterocycles. The lowest BCUT2D eigenvalue weighted by Crippen LogP contribution is -2.54. The molecule has 184 valence electrons. The Labute approximate surface area is 219 Å². The van der Waals surface area contributed by atoms with Crippen LogP contribution >= 0.6 is 11.6 Å². The smallest absolute Gasteiger partial charge is 0.335 e. The number of ether oxygens (including phenoxy) is 1. The molecule has 5 rings (SSSR count). The maximum Gasteiger partial charge on any atom is 0.335 e. The van der Waals surface area contributed by atoms with Gasteiger partial charge in [0, 0.05) is 16.1 Å². The number of fused-ring (bicyclic) bond motifs is 1. The minimum atomic E-state index is -0.801. The van der Waals surface area contributed by atoms with Gasteiger partial charge >= 0.3 is 6.03 Å². The highest BCUT2D eigenvalue weighted by Gasteiger charge is 2.37. The molecule has 4 aromatic rings. The third-order valence-corrected chi connectivity index (χ3v) is 6.55. The number of aryl methyl sites for hydroxylation is 2. The standard InChI is InChI=1S/C30H23ClN2O4/c1-18-7-12-23(13-8-18)33-29(35)25(28(34)32-30(33)36)16-21-15-22(31)11-14-27(21)37-17-26-19(2)9-10-20-5-3-4-6-24(20)26/h3-16H,17H2,1-2H3,(H,32,34,36)/b25-16+. The van der Waals surface area contributed by atoms with Gasteiger partial charge in [-0.05, 0) is 66.6 Å². The molecule has 1 heterocycles. The number of nitrogens with one attached hydrogen (secondary N) is 1. The SMILES string of the molecule is Cc1ccc(N2C(=O)NC(=O)/C(=C\c3cc(Cl)ccc3OCc3c(C)ccc4ccccc34)C2=O)cc1. The number of barbiturate groups is 1. The lowest BCUT2D eigenvalue weighted by atomic mass is 10.0. The number of carbonyl (C=O) groups is 3. The summed E-state index contributed by atoms with van der Waals surface area (Å²) in [6.45, 7) is 4.20. The van der Waals surface area contributed by atoms with Crippen LogP contribution in [0.4, 0.5) is 10.5 Å². The van der Waals surface area contributed by atoms with E-state index in [0.717, 1.165) is 32.4 Å². The van der Waals surface area contributed by atoms with Crippen LogP contribution in [0.2, 0.25) is 5.02 Å². The molecule has 1 saturated heterocycles. The van der Waals surface area contributed by atoms with Crippen molar-refractivity contribution in [3.63, 3.8) is 0 Å². The first-order chi connectivity index (χ1) is 17.8. The number of amides is 4. The fraction of sp³-hybridized carbons (Fsp3) is 0.100. The molecule has 0 aliphatic carbocycles. The molecule has 0 atom stereocenters. The quantitative estimate of drug-likeness (QED) is 0.250. The molecule has 0 spiro atoms. The Hall–Kier alpha value is -4.42. The maximum atomic E-state index is 13.3. The van der Waals surface area contributed by atoms with E-state index in [2.05, 4.69) is 11.4 Å². The molecular formula is C30H23ClN2O4. The van der Waals surface area contributed by atoms with E-state index in [-0.39, 0.29) is 12.2 Å². The Balaban J connectivity index is 1.49. The van der Waals surface area contributed by atoms with Gasteiger partial charge in [0.25, 0.3) is 11.8 Å². The molecule has 0 bridgehead atoms. The Morgan fingerprint density at radius 3 is 2.46 bits per heavy atom. The Bertz CT molecular complexity index is 1590. The number of carbonyl (C=O) groups excluding carboxylic acids is 3. The van der Waals surface area contributed by atoms with Crippen molar-refractivity contribution in [2.75, 3.05) is 4.90 Å². The zero-order valence-electron chi connectivity index (χ0n) is 20.2. The fourth-order valence-corrected chi connectivity index (χ4v) is 4.47. The molecule has 4 aromatic carbocycles. The van der Waals surface area contributed by atoms with Crippen molar-refractivity contribution in [1.82, 2.24) is 5.32 Å². The summed E-state index contributed by atoms with van der Waals surface area (Å²) in [6.07, 6.45) is 1.41. The van der Waals surface area contributed by atoms with E-state index < -0.39 is 17.8 Å². The van der Waals surface area contributed by atoms with Crippen LogP contribution in [0.15, 0.2) is 84.4 Å². The van der Waals surface area contributed by atoms with E-state index >= 15 is 0 Å². The second kappa shape index (κ2) is 9.91. The topological polar surface area (TPSA) is 75.7 Å². The van der Waals surface area contributed by atoms with E-state index in [9.17, 15) is 14.4 Å². The predicted octanol–water partition coefficient (Wildman–Crippen LogP) is 6.36. The number of hydrogen-bond donors (Lipinski definition) is 1. The zero-order chi connectivity index (χ0) is 26.1. The van der Waals surface area contributed by atoms with E-state index in [4.69, 9.17) is 16.3 Å². The van der Waals surface area contributed by atoms with E-state index in [1.54, 1.807) is 42.5 Å². The van der Waals surface area contributed by atoms with Gasteiger partial charge in [0.05, 0.1) is 5.69 Å². The van der Waals surface area contributed by atoms with Gasteiger partial charge in [0.2, 0.25) is 0 Å². The Kier molecular flexibility index (Phi) is 6.51. The molecular weight excluding hydrogens is 488 g/mol. The molecule has 0 aromatic heterocycles. The van der Waals surface area contributed by atoms with Crippen LogP contribution in [0, 0.1) is 13.8 Å². The number of anilines is 1. The van der Waals surface area contributed by atoms with Crippen LogP contribution in [-0.2, 0) is 16.2 Å². The second-order valence-electron chi connectivity index (χ2n) is 8.85. The summed E-state index contributed by atoms with van der Waals surface area (Å²) in [5.41, 5.74) is 3.70. The molecule has 0 unspecified atom stereocenters. The monoisotopic (exact) mass is 510 g/mol. The van der Waals surface area contributed by atoms with Gasteiger partial charge in [-0.3, -0.25) is 14.9 Å². The van der Waals surface area contributed by atoms with Crippen LogP contribution < -0.4 is 15.0 Å². The predicted molar refractivity (Wildman–Crippen MR) is 145 cm³/mol. The Morgan fingerprint density at radius 2 is 1.68 bits per heavy atom. The van der Waals surface area contributed by atoms with Gasteiger partial charge in [-0.15, -0.1) is 0 Å². The summed E-state index contributed by atoms with van der Waals surface area (Å²) in [7, 11) is 0. The van der Waals surface area contributed by atoms with Crippen molar-refractivity contribution in [3.05, 3.63) is 112 Å². The van der Waals surface area contributed by atoms with E-state index in [0.29, 0.717) is 22.0 Å². The average molecular weight is 511 g/mol. The van der Waals surface area contributed by atoms with Gasteiger partial charge in [-0.25, -0.2) is 9.69 Å². The number of benzene rings is 4. The van der Waals surface area contributed by atoms with Crippen molar-refractivity contribution in [3.8, 4) is 5.75 Å². The highest BCUT2D eigenvalue weighted by molar-refractivity contribution is 6.39. The second-order valence-corrected chi connectivity index (χ2v) is 9.28. The molecule has 0 saturated carbocycles. The van der Waals surface area contributed by atoms with E-state index in [1.165, 1.54) is 6.08 Å². The highest BCUT2D eigenvalue weighted by atomic mass is 35.5. The van der Waals surface area contributed by atoms with Crippen LogP contribution in [0.5, 0.6) is 5.75 Å². The lowest BCUT2D eigenvalue weighted by molar-refractivity contribution is -0.122. The molecule has 4 amide bonds. The third kappa shape index (κ3) is 4.84. The van der Waals surface area contributed by atoms with Gasteiger partial charge in [0.1, 0.15) is 17.9 Å². The number of nitrogens with zero attached hydrogens (tertiary/aromatic N) is 1. The van der Waals surface area contributed by atoms with Crippen LogP contribution in [0.1, 0.15) is 22.3 Å². The highest BCUT2D eigenvalue weighted by Crippen LogP contribution is 2.30. The number of halogens is 1. The average Bonchev–Trinajstić information content (AvgIpc) is 2.88. The maximum absolute atomic E-state index is 13.3. The van der Waals surface area contributed by atoms with E-state index in [1.807, 2.05) is 44.2 Å². The van der Waals surface area contributed by atoms with Crippen LogP contribution in [0.25, 0.3) is 16.8 Å². The summed E-state index contributed by atoms with van der Waals surface area (Å²) < 4.78 is 6.20. The summed E-state index contributed by atoms with van der Waals surface area (Å²) in [4.78, 5) is 39.5. The van der Waals surface area contributed by atoms with Crippen molar-refractivity contribution >= 4 is 52.0 Å². The summed E-state index contributed by atoms with van der Waals surface area (Å²) in [6, 6.07) is 23.3. The van der Waals surface area contributed by atoms with Crippen molar-refractivity contribution in [1.29, 1.82) is 0 Å². The molecule has 0 radical (unpaired) electrons. The molecule has 37 heavy (non-hydrogen) atoms.